The molecule has 4 aliphatic rings. The Morgan fingerprint density at radius 2 is 1.68 bits per heavy atom. The summed E-state index contributed by atoms with van der Waals surface area (Å²) in [6.45, 7) is 15.3. The number of methoxy groups -OCH3 is 1. The Kier molecular flexibility index (Phi) is 13.1. The zero-order chi connectivity index (χ0) is 37.3. The zero-order valence-electron chi connectivity index (χ0n) is 32.0. The van der Waals surface area contributed by atoms with Crippen molar-refractivity contribution in [2.45, 2.75) is 161 Å². The van der Waals surface area contributed by atoms with Crippen LogP contribution in [0, 0.1) is 40.9 Å². The van der Waals surface area contributed by atoms with Crippen LogP contribution in [0.5, 0.6) is 0 Å². The predicted molar refractivity (Wildman–Crippen MR) is 195 cm³/mol. The zero-order valence-corrected chi connectivity index (χ0v) is 32.7. The minimum absolute atomic E-state index is 0.0170. The third-order valence-corrected chi connectivity index (χ3v) is 13.6. The van der Waals surface area contributed by atoms with Crippen molar-refractivity contribution in [2.24, 2.45) is 40.9 Å². The van der Waals surface area contributed by atoms with Gasteiger partial charge in [0.25, 0.3) is 0 Å². The van der Waals surface area contributed by atoms with Crippen molar-refractivity contribution in [3.63, 3.8) is 0 Å². The van der Waals surface area contributed by atoms with E-state index in [1.807, 2.05) is 54.5 Å². The molecule has 2 fully saturated rings. The largest absolute Gasteiger partial charge is 0.469 e. The van der Waals surface area contributed by atoms with E-state index in [0.717, 1.165) is 24.0 Å². The second kappa shape index (κ2) is 16.0. The molecule has 0 amide bonds. The van der Waals surface area contributed by atoms with E-state index < -0.39 is 52.5 Å². The Balaban J connectivity index is 1.98. The molecule has 8 nitrogen and oxygen atoms in total. The van der Waals surface area contributed by atoms with Gasteiger partial charge < -0.3 is 19.7 Å². The van der Waals surface area contributed by atoms with Crippen LogP contribution in [-0.4, -0.2) is 69.4 Å². The molecule has 0 unspecified atom stereocenters. The highest BCUT2D eigenvalue weighted by Crippen LogP contribution is 2.56. The Labute approximate surface area is 305 Å². The van der Waals surface area contributed by atoms with E-state index in [4.69, 9.17) is 21.1 Å². The summed E-state index contributed by atoms with van der Waals surface area (Å²) in [6, 6.07) is 0. The summed E-state index contributed by atoms with van der Waals surface area (Å²) in [4.78, 5) is 57.5. The summed E-state index contributed by atoms with van der Waals surface area (Å²) in [5.74, 6) is -3.73. The van der Waals surface area contributed by atoms with Crippen LogP contribution >= 0.6 is 11.6 Å². The summed E-state index contributed by atoms with van der Waals surface area (Å²) in [7, 11) is 1.29. The van der Waals surface area contributed by atoms with Crippen molar-refractivity contribution < 1.29 is 38.9 Å². The molecule has 4 rings (SSSR count). The third-order valence-electron chi connectivity index (χ3n) is 12.9. The standard InChI is InChI=1S/C41H63ClO8/c1-23(2)28-20-31(43)26(5)12-10-11-24(3)18-32(44)29-19-27(6)37-30(41(29,22-33(28)45)38(47)49-9)17-25(4)13-14-35(42)40(8)16-15-36(50-40)39(7,48)21-34(37)46/h17,23-24,26,28-30,34-36,46,48H,10-16,18-22H2,1-9H3/t24-,26+,28-,29+,30-,34+,35-,36+,39-,40-,41+/m0/s1. The summed E-state index contributed by atoms with van der Waals surface area (Å²) >= 11 is 7.01. The van der Waals surface area contributed by atoms with E-state index in [1.165, 1.54) is 7.11 Å². The van der Waals surface area contributed by atoms with E-state index in [0.29, 0.717) is 37.7 Å². The molecule has 0 radical (unpaired) electrons. The van der Waals surface area contributed by atoms with Crippen molar-refractivity contribution in [3.8, 4) is 0 Å². The first-order valence-corrected chi connectivity index (χ1v) is 19.5. The molecule has 1 saturated heterocycles. The van der Waals surface area contributed by atoms with Gasteiger partial charge in [-0.25, -0.2) is 0 Å². The Morgan fingerprint density at radius 1 is 1.00 bits per heavy atom. The molecule has 50 heavy (non-hydrogen) atoms. The van der Waals surface area contributed by atoms with Gasteiger partial charge in [0.15, 0.2) is 0 Å². The molecular formula is C41H63ClO8. The quantitative estimate of drug-likeness (QED) is 0.171. The lowest BCUT2D eigenvalue weighted by atomic mass is 9.52. The number of hydrogen-bond acceptors (Lipinski definition) is 8. The average molecular weight is 719 g/mol. The van der Waals surface area contributed by atoms with Gasteiger partial charge in [-0.3, -0.25) is 19.2 Å². The Hall–Kier alpha value is -1.87. The summed E-state index contributed by atoms with van der Waals surface area (Å²) < 4.78 is 12.1. The van der Waals surface area contributed by atoms with E-state index in [9.17, 15) is 29.4 Å². The van der Waals surface area contributed by atoms with E-state index >= 15 is 0 Å². The molecule has 11 atom stereocenters. The first-order chi connectivity index (χ1) is 23.3. The molecule has 2 aliphatic carbocycles. The van der Waals surface area contributed by atoms with Crippen LogP contribution in [0.1, 0.15) is 132 Å². The molecule has 2 bridgehead atoms. The first-order valence-electron chi connectivity index (χ1n) is 19.0. The van der Waals surface area contributed by atoms with Crippen LogP contribution in [0.4, 0.5) is 0 Å². The number of esters is 1. The number of carbonyl (C=O) groups excluding carboxylic acids is 4. The highest BCUT2D eigenvalue weighted by molar-refractivity contribution is 6.21. The maximum Gasteiger partial charge on any atom is 0.313 e. The number of Topliss-reactive ketones (excluding diaryl/α,β-unsaturated/α-hetero) is 3. The number of aliphatic hydroxyl groups excluding tert-OH is 1. The number of hydrogen-bond donors (Lipinski definition) is 2. The van der Waals surface area contributed by atoms with Gasteiger partial charge in [-0.15, -0.1) is 11.6 Å². The molecule has 2 aliphatic heterocycles. The molecule has 1 saturated carbocycles. The van der Waals surface area contributed by atoms with Crippen LogP contribution in [0.25, 0.3) is 0 Å². The Morgan fingerprint density at radius 3 is 2.32 bits per heavy atom. The maximum absolute atomic E-state index is 14.7. The second-order valence-electron chi connectivity index (χ2n) is 17.3. The van der Waals surface area contributed by atoms with Crippen LogP contribution in [0.3, 0.4) is 0 Å². The summed E-state index contributed by atoms with van der Waals surface area (Å²) in [6.07, 6.45) is 4.97. The third kappa shape index (κ3) is 8.34. The van der Waals surface area contributed by atoms with Gasteiger partial charge >= 0.3 is 5.97 Å². The predicted octanol–water partition coefficient (Wildman–Crippen LogP) is 7.49. The molecule has 2 heterocycles. The van der Waals surface area contributed by atoms with Gasteiger partial charge in [0.05, 0.1) is 41.3 Å². The van der Waals surface area contributed by atoms with Gasteiger partial charge in [-0.1, -0.05) is 57.8 Å². The van der Waals surface area contributed by atoms with E-state index in [2.05, 4.69) is 0 Å². The minimum Gasteiger partial charge on any atom is -0.469 e. The Bertz CT molecular complexity index is 1360. The summed E-state index contributed by atoms with van der Waals surface area (Å²) in [5, 5.41) is 23.7. The van der Waals surface area contributed by atoms with Gasteiger partial charge in [0, 0.05) is 49.4 Å². The first kappa shape index (κ1) is 40.9. The number of ketones is 3. The average Bonchev–Trinajstić information content (AvgIpc) is 3.45. The van der Waals surface area contributed by atoms with Gasteiger partial charge in [0.2, 0.25) is 0 Å². The number of rotatable bonds is 2. The smallest absolute Gasteiger partial charge is 0.313 e. The van der Waals surface area contributed by atoms with Crippen LogP contribution in [0.15, 0.2) is 22.8 Å². The van der Waals surface area contributed by atoms with E-state index in [-0.39, 0.29) is 72.6 Å². The number of aliphatic hydroxyl groups is 2. The van der Waals surface area contributed by atoms with Crippen LogP contribution in [-0.2, 0) is 28.7 Å². The fraction of sp³-hybridized carbons (Fsp3) is 0.805. The second-order valence-corrected chi connectivity index (χ2v) is 17.9. The van der Waals surface area contributed by atoms with Gasteiger partial charge in [-0.2, -0.15) is 0 Å². The molecule has 0 aromatic heterocycles. The number of carbonyl (C=O) groups is 4. The van der Waals surface area contributed by atoms with Crippen molar-refractivity contribution in [1.82, 2.24) is 0 Å². The van der Waals surface area contributed by atoms with Gasteiger partial charge in [0.1, 0.15) is 17.3 Å². The molecule has 0 aromatic carbocycles. The maximum atomic E-state index is 14.7. The van der Waals surface area contributed by atoms with Crippen LogP contribution < -0.4 is 0 Å². The van der Waals surface area contributed by atoms with Crippen molar-refractivity contribution in [3.05, 3.63) is 22.8 Å². The number of halogens is 1. The molecule has 0 spiro atoms. The number of fused-ring (bicyclic) bond motifs is 5. The normalized spacial score (nSPS) is 41.6. The SMILES string of the molecule is COC(=O)[C@]12CC(=O)[C@H](C(C)C)CC(=O)[C@H](C)CCC[C@H](C)CC(=O)[C@H]1CC(C)=C1[C@H](O)C[C@](C)(O)[C@H]3CC[C@](C)(O3)[C@@H](Cl)CCC(C)=C[C@@H]12. The lowest BCUT2D eigenvalue weighted by molar-refractivity contribution is -0.167. The number of alkyl halides is 1. The fourth-order valence-electron chi connectivity index (χ4n) is 9.53. The number of ether oxygens (including phenoxy) is 2. The molecule has 282 valence electrons. The molecule has 9 heteroatoms. The highest BCUT2D eigenvalue weighted by Gasteiger charge is 2.60. The number of allylic oxidation sites excluding steroid dienone is 3. The van der Waals surface area contributed by atoms with E-state index in [1.54, 1.807) is 6.92 Å². The molecule has 2 N–H and O–H groups in total. The lowest BCUT2D eigenvalue weighted by Crippen LogP contribution is -2.55. The molecule has 0 aromatic rings. The molecular weight excluding hydrogens is 656 g/mol. The fourth-order valence-corrected chi connectivity index (χ4v) is 9.80. The van der Waals surface area contributed by atoms with Gasteiger partial charge in [-0.05, 0) is 83.6 Å². The lowest BCUT2D eigenvalue weighted by Gasteiger charge is -2.49. The minimum atomic E-state index is -1.67. The summed E-state index contributed by atoms with van der Waals surface area (Å²) in [5.41, 5.74) is -1.54. The van der Waals surface area contributed by atoms with Crippen molar-refractivity contribution >= 4 is 34.9 Å². The van der Waals surface area contributed by atoms with Crippen molar-refractivity contribution in [1.29, 1.82) is 0 Å². The highest BCUT2D eigenvalue weighted by atomic mass is 35.5. The van der Waals surface area contributed by atoms with Crippen molar-refractivity contribution in [2.75, 3.05) is 7.11 Å². The topological polar surface area (TPSA) is 127 Å². The monoisotopic (exact) mass is 718 g/mol. The van der Waals surface area contributed by atoms with Crippen LogP contribution in [0.2, 0.25) is 0 Å².